The largest absolute Gasteiger partial charge is 0.504 e. The summed E-state index contributed by atoms with van der Waals surface area (Å²) in [5, 5.41) is 31.2. The third kappa shape index (κ3) is 18.3. The highest BCUT2D eigenvalue weighted by Gasteiger charge is 2.46. The SMILES string of the molecule is C.C.CCNCC.COc1cc(/C=C/C(=O)/C=C2/C(=O)Nc3ccccc32)ccc1O.COc1cc(/C=C/C(=O)CC2(O)C(=O)Nc3ccccc32)ccc1C.COc1cc(/C=C/C(C)=O)ccc1C.O=C1Nc2ccccc2C1=O. The van der Waals surface area contributed by atoms with Gasteiger partial charge in [0.25, 0.3) is 23.5 Å². The number of hydrogen-bond acceptors (Lipinski definition) is 13. The van der Waals surface area contributed by atoms with E-state index in [1.165, 1.54) is 38.3 Å². The van der Waals surface area contributed by atoms with Crippen molar-refractivity contribution in [1.29, 1.82) is 0 Å². The molecule has 3 aliphatic rings. The lowest BCUT2D eigenvalue weighted by Crippen LogP contribution is -2.36. The normalized spacial score (nSPS) is 14.5. The minimum Gasteiger partial charge on any atom is -0.504 e. The van der Waals surface area contributed by atoms with Gasteiger partial charge in [-0.3, -0.25) is 33.6 Å². The van der Waals surface area contributed by atoms with E-state index in [1.54, 1.807) is 111 Å². The van der Waals surface area contributed by atoms with Crippen LogP contribution in [0.3, 0.4) is 0 Å². The number of benzene rings is 6. The molecule has 81 heavy (non-hydrogen) atoms. The maximum absolute atomic E-state index is 12.3. The zero-order valence-corrected chi connectivity index (χ0v) is 45.3. The molecule has 0 aliphatic carbocycles. The predicted molar refractivity (Wildman–Crippen MR) is 322 cm³/mol. The fourth-order valence-corrected chi connectivity index (χ4v) is 7.86. The van der Waals surface area contributed by atoms with E-state index < -0.39 is 23.2 Å². The molecule has 0 spiro atoms. The van der Waals surface area contributed by atoms with Crippen LogP contribution in [0.15, 0.2) is 152 Å². The molecule has 424 valence electrons. The van der Waals surface area contributed by atoms with E-state index in [2.05, 4.69) is 35.1 Å². The van der Waals surface area contributed by atoms with E-state index in [1.807, 2.05) is 62.4 Å². The van der Waals surface area contributed by atoms with Gasteiger partial charge in [0.1, 0.15) is 11.5 Å². The first-order chi connectivity index (χ1) is 37.8. The van der Waals surface area contributed by atoms with E-state index in [0.717, 1.165) is 52.4 Å². The summed E-state index contributed by atoms with van der Waals surface area (Å²) in [4.78, 5) is 81.0. The van der Waals surface area contributed by atoms with Crippen LogP contribution >= 0.6 is 0 Å². The molecule has 0 bridgehead atoms. The molecule has 0 saturated carbocycles. The number of aryl methyl sites for hydroxylation is 2. The Morgan fingerprint density at radius 3 is 1.58 bits per heavy atom. The summed E-state index contributed by atoms with van der Waals surface area (Å²) in [5.74, 6) is -0.506. The molecule has 16 heteroatoms. The molecule has 16 nitrogen and oxygen atoms in total. The summed E-state index contributed by atoms with van der Waals surface area (Å²) in [6.07, 6.45) is 10.3. The molecule has 6 aromatic carbocycles. The number of nitrogens with one attached hydrogen (secondary N) is 4. The van der Waals surface area contributed by atoms with Gasteiger partial charge in [-0.15, -0.1) is 0 Å². The number of aromatic hydroxyl groups is 1. The molecule has 9 rings (SSSR count). The number of rotatable bonds is 14. The van der Waals surface area contributed by atoms with E-state index in [9.17, 15) is 43.8 Å². The quantitative estimate of drug-likeness (QED) is 0.0440. The summed E-state index contributed by atoms with van der Waals surface area (Å²) in [7, 11) is 4.68. The first-order valence-electron chi connectivity index (χ1n) is 25.0. The van der Waals surface area contributed by atoms with Crippen LogP contribution in [0, 0.1) is 13.8 Å². The van der Waals surface area contributed by atoms with Gasteiger partial charge in [0.15, 0.2) is 34.4 Å². The molecule has 0 radical (unpaired) electrons. The maximum atomic E-state index is 12.3. The average Bonchev–Trinajstić information content (AvgIpc) is 4.08. The number of fused-ring (bicyclic) bond motifs is 3. The van der Waals surface area contributed by atoms with E-state index in [-0.39, 0.29) is 50.3 Å². The van der Waals surface area contributed by atoms with Crippen LogP contribution in [-0.2, 0) is 34.4 Å². The average molecular weight is 1100 g/mol. The molecule has 1 atom stereocenters. The van der Waals surface area contributed by atoms with E-state index in [0.29, 0.717) is 45.1 Å². The topological polar surface area (TPSA) is 236 Å². The number of Topliss-reactive ketones (excluding diaryl/α,β-unsaturated/α-hetero) is 1. The van der Waals surface area contributed by atoms with E-state index in [4.69, 9.17) is 14.2 Å². The summed E-state index contributed by atoms with van der Waals surface area (Å²) in [5.41, 5.74) is 6.56. The summed E-state index contributed by atoms with van der Waals surface area (Å²) in [6, 6.07) is 37.1. The number of anilines is 3. The third-order valence-corrected chi connectivity index (χ3v) is 12.0. The lowest BCUT2D eigenvalue weighted by molar-refractivity contribution is -0.138. The third-order valence-electron chi connectivity index (χ3n) is 12.0. The Hall–Kier alpha value is -9.51. The van der Waals surface area contributed by atoms with Gasteiger partial charge in [-0.2, -0.15) is 0 Å². The van der Waals surface area contributed by atoms with Crippen LogP contribution in [0.2, 0.25) is 0 Å². The van der Waals surface area contributed by atoms with Crippen molar-refractivity contribution in [2.45, 2.75) is 61.5 Å². The molecule has 3 heterocycles. The molecule has 3 aliphatic heterocycles. The number of amides is 3. The van der Waals surface area contributed by atoms with Crippen LogP contribution in [0.25, 0.3) is 23.8 Å². The minimum atomic E-state index is -1.83. The molecule has 1 unspecified atom stereocenters. The van der Waals surface area contributed by atoms with Gasteiger partial charge < -0.3 is 45.7 Å². The number of ketones is 4. The smallest absolute Gasteiger partial charge is 0.296 e. The number of carbonyl (C=O) groups excluding carboxylic acids is 7. The number of methoxy groups -OCH3 is 3. The lowest BCUT2D eigenvalue weighted by atomic mass is 9.90. The first kappa shape index (κ1) is 65.8. The van der Waals surface area contributed by atoms with Crippen molar-refractivity contribution in [2.24, 2.45) is 0 Å². The highest BCUT2D eigenvalue weighted by molar-refractivity contribution is 6.51. The second-order valence-corrected chi connectivity index (χ2v) is 17.7. The highest BCUT2D eigenvalue weighted by atomic mass is 16.5. The Bertz CT molecular complexity index is 3350. The fourth-order valence-electron chi connectivity index (χ4n) is 7.86. The van der Waals surface area contributed by atoms with Gasteiger partial charge in [-0.05, 0) is 135 Å². The number of allylic oxidation sites excluding steroid dienone is 4. The molecular formula is C65H72N4O12. The van der Waals surface area contributed by atoms with E-state index >= 15 is 0 Å². The second kappa shape index (κ2) is 31.8. The van der Waals surface area contributed by atoms with Crippen LogP contribution < -0.4 is 35.5 Å². The molecule has 0 fully saturated rings. The summed E-state index contributed by atoms with van der Waals surface area (Å²) in [6.45, 7) is 11.8. The van der Waals surface area contributed by atoms with Crippen molar-refractivity contribution in [2.75, 3.05) is 50.4 Å². The molecular weight excluding hydrogens is 1030 g/mol. The van der Waals surface area contributed by atoms with Crippen molar-refractivity contribution in [3.05, 3.63) is 196 Å². The zero-order valence-electron chi connectivity index (χ0n) is 45.3. The summed E-state index contributed by atoms with van der Waals surface area (Å²) < 4.78 is 15.5. The van der Waals surface area contributed by atoms with Crippen LogP contribution in [-0.4, -0.2) is 85.5 Å². The number of hydrogen-bond donors (Lipinski definition) is 6. The maximum Gasteiger partial charge on any atom is 0.296 e. The number of phenolic OH excluding ortho intramolecular Hbond substituents is 1. The summed E-state index contributed by atoms with van der Waals surface area (Å²) >= 11 is 0. The fraction of sp³-hybridized carbons (Fsp3) is 0.215. The van der Waals surface area contributed by atoms with Crippen molar-refractivity contribution in [1.82, 2.24) is 5.32 Å². The van der Waals surface area contributed by atoms with Gasteiger partial charge in [0.05, 0.1) is 44.6 Å². The molecule has 6 N–H and O–H groups in total. The Kier molecular flexibility index (Phi) is 25.8. The predicted octanol–water partition coefficient (Wildman–Crippen LogP) is 11.1. The Balaban J connectivity index is 0.000000285. The number of ether oxygens (including phenoxy) is 3. The highest BCUT2D eigenvalue weighted by Crippen LogP contribution is 2.38. The Morgan fingerprint density at radius 2 is 1.05 bits per heavy atom. The Labute approximate surface area is 474 Å². The van der Waals surface area contributed by atoms with Crippen molar-refractivity contribution < 1.29 is 58.0 Å². The number of phenols is 1. The lowest BCUT2D eigenvalue weighted by Gasteiger charge is -2.19. The molecule has 0 aromatic heterocycles. The number of carbonyl (C=O) groups is 7. The first-order valence-corrected chi connectivity index (χ1v) is 25.0. The second-order valence-electron chi connectivity index (χ2n) is 17.7. The molecule has 3 amide bonds. The van der Waals surface area contributed by atoms with Gasteiger partial charge in [0, 0.05) is 22.5 Å². The Morgan fingerprint density at radius 1 is 0.580 bits per heavy atom. The zero-order chi connectivity index (χ0) is 57.6. The van der Waals surface area contributed by atoms with Crippen LogP contribution in [0.5, 0.6) is 23.0 Å². The standard InChI is InChI=1S/C20H19NO4.C19H15NO4.C12H14O2.C8H5NO2.C4H11N.2CH4/c1-13-7-8-14(11-18(13)25-2)9-10-15(22)12-20(24)16-5-3-4-6-17(16)21-19(20)23;1-24-18-10-12(7-9-17(18)22)6-8-13(21)11-15-14-4-2-3-5-16(14)20-19(15)23;1-9-4-6-11(7-5-10(2)13)8-12(9)14-3;10-7-5-3-1-2-4-6(5)9-8(7)11;1-3-5-4-2;;/h3-11,24H,12H2,1-2H3,(H,21,23);2-11,22H,1H3,(H,20,23);4-8H,1-3H3;1-4H,(H,9,10,11);5H,3-4H2,1-2H3;2*1H4/b10-9+;8-6+,15-11+;7-5+;;;;. The van der Waals surface area contributed by atoms with Gasteiger partial charge >= 0.3 is 0 Å². The number of aliphatic hydroxyl groups is 1. The number of para-hydroxylation sites is 3. The minimum absolute atomic E-state index is 0. The van der Waals surface area contributed by atoms with Crippen LogP contribution in [0.4, 0.5) is 17.1 Å². The van der Waals surface area contributed by atoms with Crippen molar-refractivity contribution in [3.8, 4) is 23.0 Å². The van der Waals surface area contributed by atoms with Crippen LogP contribution in [0.1, 0.15) is 91.3 Å². The monoisotopic (exact) mass is 1100 g/mol. The van der Waals surface area contributed by atoms with Gasteiger partial charge in [0.2, 0.25) is 0 Å². The van der Waals surface area contributed by atoms with Crippen molar-refractivity contribution in [3.63, 3.8) is 0 Å². The molecule has 0 saturated heterocycles. The van der Waals surface area contributed by atoms with Gasteiger partial charge in [-0.1, -0.05) is 126 Å². The van der Waals surface area contributed by atoms with Crippen molar-refractivity contribution >= 4 is 81.7 Å². The van der Waals surface area contributed by atoms with Gasteiger partial charge in [-0.25, -0.2) is 0 Å². The molecule has 6 aromatic rings.